The molecule has 2 amide bonds. The number of pyridine rings is 1. The molecule has 0 saturated heterocycles. The van der Waals surface area contributed by atoms with E-state index in [-0.39, 0.29) is 41.7 Å². The number of nitrogens with zero attached hydrogens (tertiary/aromatic N) is 3. The van der Waals surface area contributed by atoms with Gasteiger partial charge < -0.3 is 4.74 Å². The van der Waals surface area contributed by atoms with Crippen LogP contribution >= 0.6 is 0 Å². The van der Waals surface area contributed by atoms with Crippen LogP contribution in [0.2, 0.25) is 0 Å². The van der Waals surface area contributed by atoms with Gasteiger partial charge in [0.25, 0.3) is 0 Å². The number of nitrogens with one attached hydrogen (secondary N) is 1. The Morgan fingerprint density at radius 3 is 2.58 bits per heavy atom. The van der Waals surface area contributed by atoms with Gasteiger partial charge in [-0.25, -0.2) is 14.2 Å². The second-order valence-electron chi connectivity index (χ2n) is 9.69. The topological polar surface area (TPSA) is 101 Å². The molecule has 1 aliphatic rings. The number of hydrogen-bond acceptors (Lipinski definition) is 6. The summed E-state index contributed by atoms with van der Waals surface area (Å²) in [6.45, 7) is 8.44. The van der Waals surface area contributed by atoms with Gasteiger partial charge >= 0.3 is 6.09 Å². The number of rotatable bonds is 4. The molecular formula is C27H29FN4O4. The molecule has 1 aromatic heterocycles. The van der Waals surface area contributed by atoms with Crippen LogP contribution < -0.4 is 5.32 Å². The van der Waals surface area contributed by atoms with Crippen LogP contribution in [0.5, 0.6) is 0 Å². The fraction of sp³-hybridized carbons (Fsp3) is 0.370. The molecular weight excluding hydrogens is 463 g/mol. The first-order chi connectivity index (χ1) is 16.8. The molecule has 36 heavy (non-hydrogen) atoms. The number of carbonyl (C=O) groups is 3. The van der Waals surface area contributed by atoms with E-state index in [2.05, 4.69) is 27.1 Å². The SMILES string of the molecule is CC#Cc1ccc(C(=O)Cc2ccc(F)c([C@]3(C)CC(=O)N(C)C(NC(=O)OC(C)(C)C)=N3)c2)nc1. The highest BCUT2D eigenvalue weighted by Gasteiger charge is 2.39. The van der Waals surface area contributed by atoms with E-state index >= 15 is 0 Å². The Kier molecular flexibility index (Phi) is 7.58. The number of aromatic nitrogens is 1. The van der Waals surface area contributed by atoms with Crippen molar-refractivity contribution in [3.63, 3.8) is 0 Å². The van der Waals surface area contributed by atoms with Gasteiger partial charge in [0.1, 0.15) is 17.1 Å². The van der Waals surface area contributed by atoms with E-state index in [1.165, 1.54) is 36.3 Å². The molecule has 0 fully saturated rings. The Bertz CT molecular complexity index is 1290. The molecule has 3 rings (SSSR count). The van der Waals surface area contributed by atoms with Crippen molar-refractivity contribution in [1.29, 1.82) is 0 Å². The lowest BCUT2D eigenvalue weighted by molar-refractivity contribution is -0.128. The lowest BCUT2D eigenvalue weighted by Crippen LogP contribution is -2.52. The van der Waals surface area contributed by atoms with E-state index in [1.54, 1.807) is 46.8 Å². The first-order valence-corrected chi connectivity index (χ1v) is 11.4. The monoisotopic (exact) mass is 492 g/mol. The van der Waals surface area contributed by atoms with Gasteiger partial charge in [-0.2, -0.15) is 0 Å². The maximum Gasteiger partial charge on any atom is 0.414 e. The number of carbonyl (C=O) groups excluding carboxylic acids is 3. The largest absolute Gasteiger partial charge is 0.444 e. The lowest BCUT2D eigenvalue weighted by atomic mass is 9.85. The quantitative estimate of drug-likeness (QED) is 0.514. The highest BCUT2D eigenvalue weighted by Crippen LogP contribution is 2.35. The molecule has 0 unspecified atom stereocenters. The van der Waals surface area contributed by atoms with Gasteiger partial charge in [0.2, 0.25) is 11.9 Å². The smallest absolute Gasteiger partial charge is 0.414 e. The summed E-state index contributed by atoms with van der Waals surface area (Å²) >= 11 is 0. The van der Waals surface area contributed by atoms with Crippen molar-refractivity contribution in [2.24, 2.45) is 4.99 Å². The van der Waals surface area contributed by atoms with Crippen LogP contribution in [0.15, 0.2) is 41.5 Å². The van der Waals surface area contributed by atoms with Crippen molar-refractivity contribution in [1.82, 2.24) is 15.2 Å². The van der Waals surface area contributed by atoms with Crippen molar-refractivity contribution < 1.29 is 23.5 Å². The molecule has 0 bridgehead atoms. The van der Waals surface area contributed by atoms with Gasteiger partial charge in [-0.1, -0.05) is 12.0 Å². The van der Waals surface area contributed by atoms with Gasteiger partial charge in [0.05, 0.1) is 12.0 Å². The molecule has 1 atom stereocenters. The molecule has 0 saturated carbocycles. The van der Waals surface area contributed by atoms with E-state index in [0.717, 1.165) is 0 Å². The molecule has 2 aromatic rings. The summed E-state index contributed by atoms with van der Waals surface area (Å²) in [4.78, 5) is 47.7. The van der Waals surface area contributed by atoms with Crippen molar-refractivity contribution in [2.75, 3.05) is 7.05 Å². The third-order valence-corrected chi connectivity index (χ3v) is 5.45. The summed E-state index contributed by atoms with van der Waals surface area (Å²) in [6.07, 6.45) is 0.599. The second-order valence-corrected chi connectivity index (χ2v) is 9.69. The molecule has 0 spiro atoms. The average molecular weight is 493 g/mol. The van der Waals surface area contributed by atoms with Crippen LogP contribution in [-0.4, -0.2) is 46.3 Å². The van der Waals surface area contributed by atoms with Crippen molar-refractivity contribution in [3.8, 4) is 11.8 Å². The number of halogens is 1. The summed E-state index contributed by atoms with van der Waals surface area (Å²) in [5.74, 6) is 4.40. The van der Waals surface area contributed by atoms with E-state index < -0.39 is 23.1 Å². The molecule has 0 aliphatic carbocycles. The van der Waals surface area contributed by atoms with E-state index in [1.807, 2.05) is 0 Å². The number of guanidine groups is 1. The van der Waals surface area contributed by atoms with Gasteiger partial charge in [0.15, 0.2) is 5.78 Å². The van der Waals surface area contributed by atoms with Crippen LogP contribution in [0.4, 0.5) is 9.18 Å². The second kappa shape index (κ2) is 10.3. The predicted octanol–water partition coefficient (Wildman–Crippen LogP) is 3.98. The number of amides is 2. The van der Waals surface area contributed by atoms with Gasteiger partial charge in [-0.3, -0.25) is 24.8 Å². The molecule has 0 radical (unpaired) electrons. The van der Waals surface area contributed by atoms with Gasteiger partial charge in [-0.05, 0) is 64.4 Å². The molecule has 1 aromatic carbocycles. The molecule has 1 aliphatic heterocycles. The van der Waals surface area contributed by atoms with Crippen LogP contribution in [0.25, 0.3) is 0 Å². The number of ketones is 1. The summed E-state index contributed by atoms with van der Waals surface area (Å²) in [5.41, 5.74) is -0.414. The summed E-state index contributed by atoms with van der Waals surface area (Å²) in [5, 5.41) is 2.48. The highest BCUT2D eigenvalue weighted by atomic mass is 19.1. The van der Waals surface area contributed by atoms with Crippen LogP contribution in [0.1, 0.15) is 68.2 Å². The summed E-state index contributed by atoms with van der Waals surface area (Å²) in [6, 6.07) is 7.60. The van der Waals surface area contributed by atoms with Gasteiger partial charge in [0, 0.05) is 30.8 Å². The number of alkyl carbamates (subject to hydrolysis) is 1. The van der Waals surface area contributed by atoms with E-state index in [9.17, 15) is 18.8 Å². The third kappa shape index (κ3) is 6.33. The maximum absolute atomic E-state index is 15.0. The summed E-state index contributed by atoms with van der Waals surface area (Å²) < 4.78 is 20.3. The zero-order valence-corrected chi connectivity index (χ0v) is 21.2. The Morgan fingerprint density at radius 1 is 1.25 bits per heavy atom. The molecule has 9 heteroatoms. The van der Waals surface area contributed by atoms with E-state index in [0.29, 0.717) is 11.1 Å². The first kappa shape index (κ1) is 26.5. The maximum atomic E-state index is 15.0. The zero-order chi connectivity index (χ0) is 26.7. The number of benzene rings is 1. The number of aliphatic imine (C=N–C) groups is 1. The standard InChI is InChI=1S/C27H29FN4O4/c1-7-8-17-10-12-21(29-16-17)22(33)14-18-9-11-20(28)19(13-18)27(5)15-23(34)32(6)24(31-27)30-25(35)36-26(2,3)4/h9-13,16H,14-15H2,1-6H3,(H,30,31,35)/t27-/m0/s1. The zero-order valence-electron chi connectivity index (χ0n) is 21.2. The Morgan fingerprint density at radius 2 is 1.97 bits per heavy atom. The molecule has 1 N–H and O–H groups in total. The molecule has 2 heterocycles. The lowest BCUT2D eigenvalue weighted by Gasteiger charge is -2.35. The predicted molar refractivity (Wildman–Crippen MR) is 133 cm³/mol. The first-order valence-electron chi connectivity index (χ1n) is 11.4. The fourth-order valence-electron chi connectivity index (χ4n) is 3.69. The Balaban J connectivity index is 1.89. The normalized spacial score (nSPS) is 17.6. The number of hydrogen-bond donors (Lipinski definition) is 1. The summed E-state index contributed by atoms with van der Waals surface area (Å²) in [7, 11) is 1.47. The molecule has 188 valence electrons. The van der Waals surface area contributed by atoms with Crippen molar-refractivity contribution in [3.05, 3.63) is 64.7 Å². The van der Waals surface area contributed by atoms with Crippen LogP contribution in [0, 0.1) is 17.7 Å². The minimum atomic E-state index is -1.31. The van der Waals surface area contributed by atoms with Crippen LogP contribution in [0.3, 0.4) is 0 Å². The van der Waals surface area contributed by atoms with Crippen molar-refractivity contribution in [2.45, 2.75) is 58.6 Å². The Labute approximate surface area is 210 Å². The van der Waals surface area contributed by atoms with Gasteiger partial charge in [-0.15, -0.1) is 5.92 Å². The third-order valence-electron chi connectivity index (χ3n) is 5.45. The minimum Gasteiger partial charge on any atom is -0.444 e. The minimum absolute atomic E-state index is 0.0181. The highest BCUT2D eigenvalue weighted by molar-refractivity contribution is 6.05. The number of ether oxygens (including phenoxy) is 1. The van der Waals surface area contributed by atoms with E-state index in [4.69, 9.17) is 4.74 Å². The number of Topliss-reactive ketones (excluding diaryl/α,β-unsaturated/α-hetero) is 1. The average Bonchev–Trinajstić information content (AvgIpc) is 2.78. The van der Waals surface area contributed by atoms with Crippen LogP contribution in [-0.2, 0) is 21.5 Å². The van der Waals surface area contributed by atoms with Crippen molar-refractivity contribution >= 4 is 23.7 Å². The fourth-order valence-corrected chi connectivity index (χ4v) is 3.69. The molecule has 8 nitrogen and oxygen atoms in total. The Hall–Kier alpha value is -4.06.